The van der Waals surface area contributed by atoms with Gasteiger partial charge in [-0.15, -0.1) is 5.76 Å². The van der Waals surface area contributed by atoms with Gasteiger partial charge < -0.3 is 25.4 Å². The van der Waals surface area contributed by atoms with Gasteiger partial charge in [-0.05, 0) is 63.2 Å². The van der Waals surface area contributed by atoms with E-state index in [1.165, 1.54) is 0 Å². The normalized spacial score (nSPS) is 38.7. The maximum atomic E-state index is 13.8. The summed E-state index contributed by atoms with van der Waals surface area (Å²) in [6.45, 7) is 9.20. The van der Waals surface area contributed by atoms with E-state index in [0.717, 1.165) is 25.3 Å². The number of carboxylic acid groups (broad SMARTS) is 1. The average Bonchev–Trinajstić information content (AvgIpc) is 2.98. The lowest BCUT2D eigenvalue weighted by Crippen LogP contribution is -2.50. The molecule has 0 bridgehead atoms. The molecule has 0 aromatic rings. The van der Waals surface area contributed by atoms with Crippen molar-refractivity contribution in [1.82, 2.24) is 5.32 Å². The predicted molar refractivity (Wildman–Crippen MR) is 114 cm³/mol. The molecule has 3 aliphatic rings. The van der Waals surface area contributed by atoms with E-state index in [1.54, 1.807) is 0 Å². The third-order valence-corrected chi connectivity index (χ3v) is 7.63. The van der Waals surface area contributed by atoms with Crippen LogP contribution in [0.1, 0.15) is 53.9 Å². The summed E-state index contributed by atoms with van der Waals surface area (Å²) >= 11 is 0. The largest absolute Gasteiger partial charge is 0.875 e. The van der Waals surface area contributed by atoms with Crippen molar-refractivity contribution in [2.75, 3.05) is 0 Å². The molecule has 1 saturated carbocycles. The Morgan fingerprint density at radius 2 is 1.91 bits per heavy atom. The van der Waals surface area contributed by atoms with E-state index >= 15 is 0 Å². The van der Waals surface area contributed by atoms with E-state index in [0.29, 0.717) is 5.92 Å². The van der Waals surface area contributed by atoms with Gasteiger partial charge in [-0.1, -0.05) is 37.6 Å². The van der Waals surface area contributed by atoms with Gasteiger partial charge in [0.05, 0.1) is 17.6 Å². The zero-order valence-electron chi connectivity index (χ0n) is 19.4. The molecule has 8 atom stereocenters. The maximum Gasteiger partial charge on any atom is 0.254 e. The van der Waals surface area contributed by atoms with Crippen molar-refractivity contribution >= 4 is 17.7 Å². The SMILES string of the molecule is C/C=C(/C)[C@@H]1C=C[C@@H]2C[C@H](C)C[C@H](C)[C@H]2[C@@H]1/C([O-])=C1/C(=O)N[C@H](C[C@@](C)(O)C(=O)[O-])C1=O. The molecule has 1 amide bonds. The quantitative estimate of drug-likeness (QED) is 0.277. The lowest BCUT2D eigenvalue weighted by Gasteiger charge is -2.50. The maximum absolute atomic E-state index is 13.8. The van der Waals surface area contributed by atoms with E-state index in [2.05, 4.69) is 25.2 Å². The highest BCUT2D eigenvalue weighted by atomic mass is 16.4. The molecule has 7 nitrogen and oxygen atoms in total. The van der Waals surface area contributed by atoms with Gasteiger partial charge in [-0.3, -0.25) is 9.59 Å². The van der Waals surface area contributed by atoms with E-state index in [-0.39, 0.29) is 23.7 Å². The van der Waals surface area contributed by atoms with Crippen molar-refractivity contribution in [3.8, 4) is 0 Å². The first-order valence-corrected chi connectivity index (χ1v) is 11.4. The molecule has 2 N–H and O–H groups in total. The Kier molecular flexibility index (Phi) is 6.70. The molecule has 0 radical (unpaired) electrons. The van der Waals surface area contributed by atoms with Crippen LogP contribution < -0.4 is 15.5 Å². The zero-order chi connectivity index (χ0) is 24.0. The number of amides is 1. The second kappa shape index (κ2) is 8.85. The highest BCUT2D eigenvalue weighted by Crippen LogP contribution is 2.51. The second-order valence-corrected chi connectivity index (χ2v) is 10.2. The second-order valence-electron chi connectivity index (χ2n) is 10.2. The van der Waals surface area contributed by atoms with Gasteiger partial charge in [0.2, 0.25) is 0 Å². The van der Waals surface area contributed by atoms with Crippen LogP contribution in [0.15, 0.2) is 35.1 Å². The lowest BCUT2D eigenvalue weighted by atomic mass is 9.57. The van der Waals surface area contributed by atoms with Crippen molar-refractivity contribution in [3.05, 3.63) is 35.1 Å². The topological polar surface area (TPSA) is 130 Å². The first-order valence-electron chi connectivity index (χ1n) is 11.4. The van der Waals surface area contributed by atoms with Gasteiger partial charge >= 0.3 is 0 Å². The summed E-state index contributed by atoms with van der Waals surface area (Å²) < 4.78 is 0. The zero-order valence-corrected chi connectivity index (χ0v) is 19.4. The fourth-order valence-electron chi connectivity index (χ4n) is 5.95. The Bertz CT molecular complexity index is 898. The van der Waals surface area contributed by atoms with Crippen molar-refractivity contribution in [2.24, 2.45) is 35.5 Å². The molecular formula is C25H33NO6-2. The summed E-state index contributed by atoms with van der Waals surface area (Å²) in [6, 6.07) is -1.27. The monoisotopic (exact) mass is 443 g/mol. The summed E-state index contributed by atoms with van der Waals surface area (Å²) in [7, 11) is 0. The molecule has 1 saturated heterocycles. The summed E-state index contributed by atoms with van der Waals surface area (Å²) in [4.78, 5) is 36.9. The minimum Gasteiger partial charge on any atom is -0.875 e. The van der Waals surface area contributed by atoms with E-state index in [1.807, 2.05) is 26.0 Å². The molecule has 7 heteroatoms. The van der Waals surface area contributed by atoms with E-state index in [4.69, 9.17) is 0 Å². The molecule has 0 spiro atoms. The van der Waals surface area contributed by atoms with Crippen LogP contribution in [0.4, 0.5) is 0 Å². The van der Waals surface area contributed by atoms with Crippen molar-refractivity contribution in [1.29, 1.82) is 0 Å². The Morgan fingerprint density at radius 1 is 1.25 bits per heavy atom. The Labute approximate surface area is 189 Å². The number of nitrogens with one attached hydrogen (secondary N) is 1. The summed E-state index contributed by atoms with van der Waals surface area (Å²) in [5.74, 6) is -3.49. The standard InChI is InChI=1S/C25H35NO6/c1-6-13(3)16-8-7-15-10-12(2)9-14(4)18(15)19(16)22(28)20-21(27)17(26-23(20)29)11-25(5,32)24(30)31/h6-8,12,14-19,28,32H,9-11H2,1-5H3,(H,26,29)(H,30,31)/p-2/b13-6-,22-20-/t12-,14+,15-,16+,17-,18-,19-,25-/m1/s1. The predicted octanol–water partition coefficient (Wildman–Crippen LogP) is 0.626. The van der Waals surface area contributed by atoms with Gasteiger partial charge in [0.15, 0.2) is 5.78 Å². The Morgan fingerprint density at radius 3 is 2.50 bits per heavy atom. The molecule has 32 heavy (non-hydrogen) atoms. The molecule has 2 aliphatic carbocycles. The van der Waals surface area contributed by atoms with Crippen LogP contribution in [0.2, 0.25) is 0 Å². The van der Waals surface area contributed by atoms with Crippen molar-refractivity contribution < 1.29 is 29.7 Å². The number of Topliss-reactive ketones (excluding diaryl/α,β-unsaturated/α-hetero) is 1. The van der Waals surface area contributed by atoms with Crippen LogP contribution in [0.3, 0.4) is 0 Å². The number of hydrogen-bond acceptors (Lipinski definition) is 6. The van der Waals surface area contributed by atoms with Gasteiger partial charge in [-0.2, -0.15) is 0 Å². The number of allylic oxidation sites excluding steroid dienone is 5. The molecular weight excluding hydrogens is 410 g/mol. The highest BCUT2D eigenvalue weighted by molar-refractivity contribution is 6.27. The van der Waals surface area contributed by atoms with E-state index < -0.39 is 53.0 Å². The van der Waals surface area contributed by atoms with Crippen molar-refractivity contribution in [3.63, 3.8) is 0 Å². The van der Waals surface area contributed by atoms with Crippen LogP contribution in [0, 0.1) is 35.5 Å². The first kappa shape index (κ1) is 24.2. The fourth-order valence-corrected chi connectivity index (χ4v) is 5.95. The van der Waals surface area contributed by atoms with Crippen LogP contribution in [-0.2, 0) is 14.4 Å². The van der Waals surface area contributed by atoms with Gasteiger partial charge in [0.1, 0.15) is 5.60 Å². The van der Waals surface area contributed by atoms with Crippen LogP contribution in [0.5, 0.6) is 0 Å². The Hall–Kier alpha value is -2.41. The van der Waals surface area contributed by atoms with Gasteiger partial charge in [-0.25, -0.2) is 0 Å². The molecule has 1 aliphatic heterocycles. The number of carbonyl (C=O) groups excluding carboxylic acids is 3. The van der Waals surface area contributed by atoms with Crippen LogP contribution in [0.25, 0.3) is 0 Å². The first-order chi connectivity index (χ1) is 14.9. The summed E-state index contributed by atoms with van der Waals surface area (Å²) in [5, 5.41) is 37.4. The average molecular weight is 444 g/mol. The van der Waals surface area contributed by atoms with E-state index in [9.17, 15) is 29.7 Å². The smallest absolute Gasteiger partial charge is 0.254 e. The Balaban J connectivity index is 2.04. The molecule has 0 unspecified atom stereocenters. The molecule has 3 rings (SSSR count). The minimum atomic E-state index is -2.30. The number of fused-ring (bicyclic) bond motifs is 1. The molecule has 1 heterocycles. The van der Waals surface area contributed by atoms with Crippen LogP contribution >= 0.6 is 0 Å². The number of ketones is 1. The number of carbonyl (C=O) groups is 3. The summed E-state index contributed by atoms with van der Waals surface area (Å²) in [5.41, 5.74) is -1.72. The number of carboxylic acids is 1. The fraction of sp³-hybridized carbons (Fsp3) is 0.640. The summed E-state index contributed by atoms with van der Waals surface area (Å²) in [6.07, 6.45) is 7.57. The number of hydrogen-bond donors (Lipinski definition) is 2. The molecule has 0 aromatic carbocycles. The van der Waals surface area contributed by atoms with Gasteiger partial charge in [0.25, 0.3) is 5.91 Å². The third kappa shape index (κ3) is 4.27. The third-order valence-electron chi connectivity index (χ3n) is 7.63. The van der Waals surface area contributed by atoms with Crippen molar-refractivity contribution in [2.45, 2.75) is 65.5 Å². The highest BCUT2D eigenvalue weighted by Gasteiger charge is 2.46. The lowest BCUT2D eigenvalue weighted by molar-refractivity contribution is -0.324. The van der Waals surface area contributed by atoms with Gasteiger partial charge in [0, 0.05) is 12.3 Å². The molecule has 176 valence electrons. The molecule has 0 aromatic heterocycles. The number of aliphatic hydroxyl groups is 1. The van der Waals surface area contributed by atoms with Crippen LogP contribution in [-0.4, -0.2) is 34.4 Å². The number of rotatable bonds is 5. The number of aliphatic carboxylic acids is 1. The minimum absolute atomic E-state index is 0.0158. The molecule has 2 fully saturated rings.